The highest BCUT2D eigenvalue weighted by Gasteiger charge is 2.56. The lowest BCUT2D eigenvalue weighted by Gasteiger charge is -2.15. The van der Waals surface area contributed by atoms with E-state index in [0.717, 1.165) is 25.0 Å². The number of pyridine rings is 1. The summed E-state index contributed by atoms with van der Waals surface area (Å²) in [7, 11) is 0. The summed E-state index contributed by atoms with van der Waals surface area (Å²) in [4.78, 5) is 28.5. The fourth-order valence-corrected chi connectivity index (χ4v) is 2.27. The molecule has 21 heavy (non-hydrogen) atoms. The Kier molecular flexibility index (Phi) is 5.31. The van der Waals surface area contributed by atoms with Gasteiger partial charge in [-0.3, -0.25) is 14.6 Å². The Bertz CT molecular complexity index is 484. The van der Waals surface area contributed by atoms with Gasteiger partial charge in [-0.05, 0) is 31.4 Å². The van der Waals surface area contributed by atoms with Crippen molar-refractivity contribution in [1.29, 1.82) is 0 Å². The quantitative estimate of drug-likeness (QED) is 0.566. The van der Waals surface area contributed by atoms with E-state index in [1.165, 1.54) is 0 Å². The topological polar surface area (TPSA) is 71.1 Å². The third kappa shape index (κ3) is 4.03. The lowest BCUT2D eigenvalue weighted by Crippen LogP contribution is -2.43. The van der Waals surface area contributed by atoms with Crippen LogP contribution < -0.4 is 10.6 Å². The highest BCUT2D eigenvalue weighted by molar-refractivity contribution is 6.07. The van der Waals surface area contributed by atoms with Crippen LogP contribution in [0, 0.1) is 5.41 Å². The molecule has 0 spiro atoms. The maximum absolute atomic E-state index is 12.2. The third-order valence-corrected chi connectivity index (χ3v) is 3.84. The van der Waals surface area contributed by atoms with Crippen molar-refractivity contribution in [2.24, 2.45) is 5.41 Å². The van der Waals surface area contributed by atoms with E-state index in [9.17, 15) is 9.59 Å². The monoisotopic (exact) mass is 289 g/mol. The van der Waals surface area contributed by atoms with Gasteiger partial charge in [0.2, 0.25) is 11.8 Å². The van der Waals surface area contributed by atoms with Crippen LogP contribution in [0.15, 0.2) is 24.4 Å². The Morgan fingerprint density at radius 1 is 1.19 bits per heavy atom. The van der Waals surface area contributed by atoms with Crippen molar-refractivity contribution in [3.63, 3.8) is 0 Å². The second-order valence-electron chi connectivity index (χ2n) is 5.55. The van der Waals surface area contributed by atoms with Crippen LogP contribution in [0.1, 0.15) is 44.7 Å². The molecule has 0 atom stereocenters. The summed E-state index contributed by atoms with van der Waals surface area (Å²) in [6.07, 6.45) is 6.15. The Labute approximate surface area is 125 Å². The van der Waals surface area contributed by atoms with E-state index in [0.29, 0.717) is 25.9 Å². The van der Waals surface area contributed by atoms with E-state index < -0.39 is 5.41 Å². The zero-order valence-electron chi connectivity index (χ0n) is 12.5. The molecule has 0 aliphatic heterocycles. The molecule has 2 rings (SSSR count). The first-order valence-electron chi connectivity index (χ1n) is 7.65. The van der Waals surface area contributed by atoms with Crippen LogP contribution in [-0.2, 0) is 16.1 Å². The maximum Gasteiger partial charge on any atom is 0.236 e. The summed E-state index contributed by atoms with van der Waals surface area (Å²) >= 11 is 0. The van der Waals surface area contributed by atoms with Crippen LogP contribution >= 0.6 is 0 Å². The summed E-state index contributed by atoms with van der Waals surface area (Å²) in [5, 5.41) is 5.71. The van der Waals surface area contributed by atoms with Crippen LogP contribution in [0.4, 0.5) is 0 Å². The van der Waals surface area contributed by atoms with Gasteiger partial charge in [0.1, 0.15) is 5.41 Å². The lowest BCUT2D eigenvalue weighted by molar-refractivity contribution is -0.137. The number of unbranched alkanes of at least 4 members (excludes halogenated alkanes) is 2. The van der Waals surface area contributed by atoms with Crippen molar-refractivity contribution < 1.29 is 9.59 Å². The van der Waals surface area contributed by atoms with Gasteiger partial charge in [0.15, 0.2) is 0 Å². The number of nitrogens with zero attached hydrogens (tertiary/aromatic N) is 1. The first-order valence-corrected chi connectivity index (χ1v) is 7.65. The smallest absolute Gasteiger partial charge is 0.236 e. The molecule has 0 unspecified atom stereocenters. The zero-order chi connectivity index (χ0) is 15.1. The molecule has 0 saturated heterocycles. The van der Waals surface area contributed by atoms with Gasteiger partial charge in [-0.1, -0.05) is 25.8 Å². The van der Waals surface area contributed by atoms with Crippen LogP contribution in [0.5, 0.6) is 0 Å². The number of hydrogen-bond acceptors (Lipinski definition) is 3. The molecule has 1 heterocycles. The summed E-state index contributed by atoms with van der Waals surface area (Å²) in [5.74, 6) is -0.307. The molecule has 1 aromatic heterocycles. The summed E-state index contributed by atoms with van der Waals surface area (Å²) in [6, 6.07) is 5.56. The summed E-state index contributed by atoms with van der Waals surface area (Å²) in [6.45, 7) is 3.14. The first-order chi connectivity index (χ1) is 10.2. The van der Waals surface area contributed by atoms with E-state index >= 15 is 0 Å². The van der Waals surface area contributed by atoms with E-state index in [1.807, 2.05) is 18.2 Å². The predicted molar refractivity (Wildman–Crippen MR) is 80.3 cm³/mol. The minimum absolute atomic E-state index is 0.128. The lowest BCUT2D eigenvalue weighted by atomic mass is 10.1. The van der Waals surface area contributed by atoms with E-state index in [2.05, 4.69) is 22.5 Å². The molecule has 0 aromatic carbocycles. The minimum atomic E-state index is -0.832. The fourth-order valence-electron chi connectivity index (χ4n) is 2.27. The average Bonchev–Trinajstić information content (AvgIpc) is 3.32. The fraction of sp³-hybridized carbons (Fsp3) is 0.562. The highest BCUT2D eigenvalue weighted by Crippen LogP contribution is 2.46. The number of nitrogens with one attached hydrogen (secondary N) is 2. The van der Waals surface area contributed by atoms with Gasteiger partial charge in [-0.15, -0.1) is 0 Å². The van der Waals surface area contributed by atoms with Gasteiger partial charge >= 0.3 is 0 Å². The molecule has 1 aliphatic carbocycles. The van der Waals surface area contributed by atoms with Crippen molar-refractivity contribution in [2.45, 2.75) is 45.6 Å². The molecule has 0 bridgehead atoms. The number of aromatic nitrogens is 1. The SMILES string of the molecule is CCCCCNC(=O)C1(C(=O)NCc2ccccn2)CC1. The van der Waals surface area contributed by atoms with Crippen molar-refractivity contribution in [3.8, 4) is 0 Å². The Balaban J connectivity index is 1.79. The van der Waals surface area contributed by atoms with Gasteiger partial charge in [-0.25, -0.2) is 0 Å². The normalized spacial score (nSPS) is 15.3. The molecule has 1 saturated carbocycles. The van der Waals surface area contributed by atoms with Crippen LogP contribution in [0.3, 0.4) is 0 Å². The van der Waals surface area contributed by atoms with Gasteiger partial charge in [0.05, 0.1) is 12.2 Å². The third-order valence-electron chi connectivity index (χ3n) is 3.84. The zero-order valence-corrected chi connectivity index (χ0v) is 12.5. The predicted octanol–water partition coefficient (Wildman–Crippen LogP) is 1.78. The molecule has 0 radical (unpaired) electrons. The number of carbonyl (C=O) groups is 2. The van der Waals surface area contributed by atoms with E-state index in [-0.39, 0.29) is 11.8 Å². The number of carbonyl (C=O) groups excluding carboxylic acids is 2. The summed E-state index contributed by atoms with van der Waals surface area (Å²) < 4.78 is 0. The maximum atomic E-state index is 12.2. The Hall–Kier alpha value is -1.91. The molecule has 1 fully saturated rings. The second kappa shape index (κ2) is 7.20. The molecule has 1 aromatic rings. The first kappa shape index (κ1) is 15.5. The van der Waals surface area contributed by atoms with E-state index in [4.69, 9.17) is 0 Å². The van der Waals surface area contributed by atoms with Crippen LogP contribution in [0.25, 0.3) is 0 Å². The van der Waals surface area contributed by atoms with Crippen molar-refractivity contribution in [1.82, 2.24) is 15.6 Å². The Morgan fingerprint density at radius 2 is 1.95 bits per heavy atom. The molecular weight excluding hydrogens is 266 g/mol. The molecule has 1 aliphatic rings. The second-order valence-corrected chi connectivity index (χ2v) is 5.55. The van der Waals surface area contributed by atoms with Gasteiger partial charge in [-0.2, -0.15) is 0 Å². The van der Waals surface area contributed by atoms with Crippen molar-refractivity contribution in [3.05, 3.63) is 30.1 Å². The van der Waals surface area contributed by atoms with Crippen LogP contribution in [-0.4, -0.2) is 23.3 Å². The van der Waals surface area contributed by atoms with Gasteiger partial charge in [0, 0.05) is 12.7 Å². The van der Waals surface area contributed by atoms with Crippen LogP contribution in [0.2, 0.25) is 0 Å². The standard InChI is InChI=1S/C16H23N3O2/c1-2-3-5-11-18-14(20)16(8-9-16)15(21)19-12-13-7-4-6-10-17-13/h4,6-7,10H,2-3,5,8-9,11-12H2,1H3,(H,18,20)(H,19,21). The molecule has 2 amide bonds. The van der Waals surface area contributed by atoms with Gasteiger partial charge < -0.3 is 10.6 Å². The number of amides is 2. The van der Waals surface area contributed by atoms with E-state index in [1.54, 1.807) is 6.20 Å². The number of rotatable bonds is 8. The molecule has 2 N–H and O–H groups in total. The summed E-state index contributed by atoms with van der Waals surface area (Å²) in [5.41, 5.74) is -0.0360. The Morgan fingerprint density at radius 3 is 2.57 bits per heavy atom. The number of hydrogen-bond donors (Lipinski definition) is 2. The van der Waals surface area contributed by atoms with Gasteiger partial charge in [0.25, 0.3) is 0 Å². The minimum Gasteiger partial charge on any atom is -0.355 e. The largest absolute Gasteiger partial charge is 0.355 e. The van der Waals surface area contributed by atoms with Crippen molar-refractivity contribution >= 4 is 11.8 Å². The molecule has 5 heteroatoms. The average molecular weight is 289 g/mol. The highest BCUT2D eigenvalue weighted by atomic mass is 16.2. The molecular formula is C16H23N3O2. The van der Waals surface area contributed by atoms with Crippen molar-refractivity contribution in [2.75, 3.05) is 6.54 Å². The molecule has 5 nitrogen and oxygen atoms in total. The molecule has 114 valence electrons.